The number of hydrogen-bond acceptors (Lipinski definition) is 3. The van der Waals surface area contributed by atoms with Gasteiger partial charge in [0.05, 0.1) is 6.07 Å². The lowest BCUT2D eigenvalue weighted by molar-refractivity contribution is -0.121. The van der Waals surface area contributed by atoms with Gasteiger partial charge < -0.3 is 5.32 Å². The van der Waals surface area contributed by atoms with E-state index in [9.17, 15) is 4.79 Å². The fourth-order valence-corrected chi connectivity index (χ4v) is 1.31. The van der Waals surface area contributed by atoms with Crippen LogP contribution < -0.4 is 5.32 Å². The first-order chi connectivity index (χ1) is 6.24. The molecule has 0 rings (SSSR count). The first kappa shape index (κ1) is 12.3. The maximum atomic E-state index is 11.2. The molecule has 0 bridgehead atoms. The molecule has 0 aromatic rings. The number of nitrogens with zero attached hydrogens (tertiary/aromatic N) is 1. The van der Waals surface area contributed by atoms with Crippen LogP contribution in [0.1, 0.15) is 26.2 Å². The van der Waals surface area contributed by atoms with Crippen molar-refractivity contribution in [2.24, 2.45) is 0 Å². The summed E-state index contributed by atoms with van der Waals surface area (Å²) in [5.74, 6) is 0.796. The van der Waals surface area contributed by atoms with Gasteiger partial charge in [0.2, 0.25) is 5.91 Å². The molecule has 3 nitrogen and oxygen atoms in total. The Hall–Kier alpha value is -0.690. The molecule has 0 aliphatic carbocycles. The zero-order valence-corrected chi connectivity index (χ0v) is 8.99. The van der Waals surface area contributed by atoms with E-state index >= 15 is 0 Å². The highest BCUT2D eigenvalue weighted by molar-refractivity contribution is 7.98. The minimum Gasteiger partial charge on any atom is -0.340 e. The van der Waals surface area contributed by atoms with E-state index in [1.165, 1.54) is 0 Å². The monoisotopic (exact) mass is 200 g/mol. The second-order valence-electron chi connectivity index (χ2n) is 2.78. The predicted octanol–water partition coefficient (Wildman–Crippen LogP) is 1.55. The van der Waals surface area contributed by atoms with Gasteiger partial charge in [-0.1, -0.05) is 13.3 Å². The zero-order valence-electron chi connectivity index (χ0n) is 8.17. The van der Waals surface area contributed by atoms with Crippen molar-refractivity contribution < 1.29 is 4.79 Å². The van der Waals surface area contributed by atoms with Gasteiger partial charge in [-0.15, -0.1) is 0 Å². The number of nitriles is 1. The van der Waals surface area contributed by atoms with Crippen LogP contribution in [0.5, 0.6) is 0 Å². The molecular formula is C9H16N2OS. The highest BCUT2D eigenvalue weighted by atomic mass is 32.2. The fraction of sp³-hybridized carbons (Fsp3) is 0.778. The maximum absolute atomic E-state index is 11.2. The largest absolute Gasteiger partial charge is 0.340 e. The van der Waals surface area contributed by atoms with Crippen LogP contribution in [-0.2, 0) is 4.79 Å². The Kier molecular flexibility index (Phi) is 7.51. The number of carbonyl (C=O) groups is 1. The molecule has 74 valence electrons. The smallest absolute Gasteiger partial charge is 0.221 e. The Morgan fingerprint density at radius 2 is 2.38 bits per heavy atom. The number of carbonyl (C=O) groups excluding carboxylic acids is 1. The number of nitrogens with one attached hydrogen (secondary N) is 1. The summed E-state index contributed by atoms with van der Waals surface area (Å²) in [6, 6.07) is 1.77. The minimum absolute atomic E-state index is 0.0191. The molecule has 4 heteroatoms. The van der Waals surface area contributed by atoms with Crippen LogP contribution in [0.25, 0.3) is 0 Å². The van der Waals surface area contributed by atoms with E-state index in [1.54, 1.807) is 11.8 Å². The van der Waals surface area contributed by atoms with E-state index < -0.39 is 0 Å². The average Bonchev–Trinajstić information content (AvgIpc) is 2.14. The van der Waals surface area contributed by atoms with E-state index in [2.05, 4.69) is 11.4 Å². The number of rotatable bonds is 6. The van der Waals surface area contributed by atoms with Crippen molar-refractivity contribution in [3.8, 4) is 6.07 Å². The van der Waals surface area contributed by atoms with Crippen LogP contribution in [-0.4, -0.2) is 24.0 Å². The first-order valence-corrected chi connectivity index (χ1v) is 5.81. The Morgan fingerprint density at radius 3 is 2.85 bits per heavy atom. The van der Waals surface area contributed by atoms with Crippen molar-refractivity contribution in [2.45, 2.75) is 32.2 Å². The SMILES string of the molecule is CCCC(C#N)NC(=O)CCSC. The quantitative estimate of drug-likeness (QED) is 0.707. The summed E-state index contributed by atoms with van der Waals surface area (Å²) in [4.78, 5) is 11.2. The number of amides is 1. The van der Waals surface area contributed by atoms with Gasteiger partial charge in [0.25, 0.3) is 0 Å². The molecule has 0 saturated heterocycles. The van der Waals surface area contributed by atoms with Crippen LogP contribution in [0.4, 0.5) is 0 Å². The van der Waals surface area contributed by atoms with Gasteiger partial charge in [-0.3, -0.25) is 4.79 Å². The van der Waals surface area contributed by atoms with E-state index in [1.807, 2.05) is 13.2 Å². The Labute approximate surface area is 83.9 Å². The van der Waals surface area contributed by atoms with Crippen LogP contribution in [0.15, 0.2) is 0 Å². The Bertz CT molecular complexity index is 189. The van der Waals surface area contributed by atoms with Gasteiger partial charge in [-0.2, -0.15) is 17.0 Å². The van der Waals surface area contributed by atoms with Crippen molar-refractivity contribution in [3.63, 3.8) is 0 Å². The molecule has 0 heterocycles. The molecule has 0 aliphatic rings. The summed E-state index contributed by atoms with van der Waals surface area (Å²) >= 11 is 1.63. The second kappa shape index (κ2) is 7.93. The highest BCUT2D eigenvalue weighted by Gasteiger charge is 2.08. The molecule has 13 heavy (non-hydrogen) atoms. The minimum atomic E-state index is -0.306. The summed E-state index contributed by atoms with van der Waals surface area (Å²) in [5, 5.41) is 11.4. The normalized spacial score (nSPS) is 11.8. The molecule has 0 radical (unpaired) electrons. The molecule has 0 fully saturated rings. The third-order valence-electron chi connectivity index (χ3n) is 1.60. The van der Waals surface area contributed by atoms with Gasteiger partial charge >= 0.3 is 0 Å². The van der Waals surface area contributed by atoms with Crippen molar-refractivity contribution in [1.29, 1.82) is 5.26 Å². The summed E-state index contributed by atoms with van der Waals surface area (Å²) in [7, 11) is 0. The topological polar surface area (TPSA) is 52.9 Å². The van der Waals surface area contributed by atoms with E-state index in [-0.39, 0.29) is 11.9 Å². The molecule has 1 atom stereocenters. The summed E-state index contributed by atoms with van der Waals surface area (Å²) in [6.45, 7) is 2.00. The molecule has 1 N–H and O–H groups in total. The average molecular weight is 200 g/mol. The molecule has 1 amide bonds. The lowest BCUT2D eigenvalue weighted by atomic mass is 10.2. The Morgan fingerprint density at radius 1 is 1.69 bits per heavy atom. The van der Waals surface area contributed by atoms with E-state index in [4.69, 9.17) is 5.26 Å². The van der Waals surface area contributed by atoms with Crippen molar-refractivity contribution >= 4 is 17.7 Å². The van der Waals surface area contributed by atoms with Crippen molar-refractivity contribution in [1.82, 2.24) is 5.32 Å². The molecule has 0 aliphatic heterocycles. The molecule has 0 spiro atoms. The Balaban J connectivity index is 3.68. The van der Waals surface area contributed by atoms with Gasteiger partial charge in [0, 0.05) is 12.2 Å². The van der Waals surface area contributed by atoms with E-state index in [0.717, 1.165) is 18.6 Å². The summed E-state index contributed by atoms with van der Waals surface area (Å²) < 4.78 is 0. The maximum Gasteiger partial charge on any atom is 0.221 e. The van der Waals surface area contributed by atoms with Gasteiger partial charge in [-0.05, 0) is 12.7 Å². The van der Waals surface area contributed by atoms with Gasteiger partial charge in [0.15, 0.2) is 0 Å². The van der Waals surface area contributed by atoms with Crippen LogP contribution in [0.2, 0.25) is 0 Å². The lowest BCUT2D eigenvalue weighted by Gasteiger charge is -2.09. The third-order valence-corrected chi connectivity index (χ3v) is 2.21. The van der Waals surface area contributed by atoms with Crippen molar-refractivity contribution in [3.05, 3.63) is 0 Å². The van der Waals surface area contributed by atoms with Crippen molar-refractivity contribution in [2.75, 3.05) is 12.0 Å². The molecule has 0 aromatic heterocycles. The van der Waals surface area contributed by atoms with Gasteiger partial charge in [-0.25, -0.2) is 0 Å². The molecular weight excluding hydrogens is 184 g/mol. The van der Waals surface area contributed by atoms with Crippen LogP contribution >= 0.6 is 11.8 Å². The first-order valence-electron chi connectivity index (χ1n) is 4.42. The van der Waals surface area contributed by atoms with Crippen LogP contribution in [0.3, 0.4) is 0 Å². The molecule has 1 unspecified atom stereocenters. The third kappa shape index (κ3) is 6.47. The molecule has 0 saturated carbocycles. The number of hydrogen-bond donors (Lipinski definition) is 1. The highest BCUT2D eigenvalue weighted by Crippen LogP contribution is 1.98. The summed E-state index contributed by atoms with van der Waals surface area (Å²) in [5.41, 5.74) is 0. The lowest BCUT2D eigenvalue weighted by Crippen LogP contribution is -2.33. The molecule has 0 aromatic carbocycles. The van der Waals surface area contributed by atoms with Gasteiger partial charge in [0.1, 0.15) is 6.04 Å². The summed E-state index contributed by atoms with van der Waals surface area (Å²) in [6.07, 6.45) is 4.12. The predicted molar refractivity (Wildman–Crippen MR) is 55.5 cm³/mol. The fourth-order valence-electron chi connectivity index (χ4n) is 0.919. The standard InChI is InChI=1S/C9H16N2OS/c1-3-4-8(7-10)11-9(12)5-6-13-2/h8H,3-6H2,1-2H3,(H,11,12). The van der Waals surface area contributed by atoms with E-state index in [0.29, 0.717) is 6.42 Å². The zero-order chi connectivity index (χ0) is 10.1. The van der Waals surface area contributed by atoms with Crippen LogP contribution in [0, 0.1) is 11.3 Å². The second-order valence-corrected chi connectivity index (χ2v) is 3.77. The number of thioether (sulfide) groups is 1.